The van der Waals surface area contributed by atoms with Gasteiger partial charge >= 0.3 is 29.6 Å². The summed E-state index contributed by atoms with van der Waals surface area (Å²) in [5.41, 5.74) is 0. The van der Waals surface area contributed by atoms with Crippen molar-refractivity contribution in [1.29, 1.82) is 0 Å². The molecule has 0 aromatic rings. The fourth-order valence-corrected chi connectivity index (χ4v) is 0. The van der Waals surface area contributed by atoms with E-state index in [1.165, 1.54) is 0 Å². The van der Waals surface area contributed by atoms with Gasteiger partial charge in [-0.05, 0) is 0 Å². The van der Waals surface area contributed by atoms with Crippen LogP contribution in [0.3, 0.4) is 0 Å². The molecule has 0 N–H and O–H groups in total. The first-order chi connectivity index (χ1) is 0. The Morgan fingerprint density at radius 3 is 0.182 bits per heavy atom. The van der Waals surface area contributed by atoms with Crippen molar-refractivity contribution in [2.45, 2.75) is 0 Å². The van der Waals surface area contributed by atoms with Gasteiger partial charge in [0.05, 0.1) is 0 Å². The minimum absolute atomic E-state index is 0. The number of halogens is 10. The SMILES string of the molecule is Cl.Cl.Cl.Cl.Cl.Cl.Cl.Cl.Cl.Cl.[NaH]. The molecule has 0 spiro atoms. The monoisotopic (exact) mass is 384 g/mol. The summed E-state index contributed by atoms with van der Waals surface area (Å²) in [6.45, 7) is 0. The molecule has 0 amide bonds. The van der Waals surface area contributed by atoms with Gasteiger partial charge in [-0.3, -0.25) is 0 Å². The summed E-state index contributed by atoms with van der Waals surface area (Å²) in [5, 5.41) is 0. The molecule has 11 heavy (non-hydrogen) atoms. The van der Waals surface area contributed by atoms with Crippen LogP contribution in [0.25, 0.3) is 0 Å². The van der Waals surface area contributed by atoms with Crippen LogP contribution in [0.1, 0.15) is 0 Å². The second-order valence-electron chi connectivity index (χ2n) is 0. The van der Waals surface area contributed by atoms with E-state index in [1.807, 2.05) is 0 Å². The Morgan fingerprint density at radius 2 is 0.182 bits per heavy atom. The van der Waals surface area contributed by atoms with E-state index in [0.717, 1.165) is 0 Å². The zero-order chi connectivity index (χ0) is 0. The van der Waals surface area contributed by atoms with Gasteiger partial charge in [0, 0.05) is 0 Å². The molecule has 0 saturated heterocycles. The third kappa shape index (κ3) is 129. The molecule has 0 aromatic heterocycles. The van der Waals surface area contributed by atoms with Crippen LogP contribution in [0.2, 0.25) is 0 Å². The van der Waals surface area contributed by atoms with Gasteiger partial charge in [0.25, 0.3) is 0 Å². The molecular weight excluding hydrogens is 378 g/mol. The Hall–Kier alpha value is 3.90. The van der Waals surface area contributed by atoms with Crippen molar-refractivity contribution < 1.29 is 0 Å². The van der Waals surface area contributed by atoms with Crippen molar-refractivity contribution in [3.05, 3.63) is 0 Å². The molecule has 0 saturated carbocycles. The first kappa shape index (κ1) is 189. The Morgan fingerprint density at radius 1 is 0.182 bits per heavy atom. The maximum atomic E-state index is 0. The summed E-state index contributed by atoms with van der Waals surface area (Å²) >= 11 is 0. The molecule has 0 radical (unpaired) electrons. The summed E-state index contributed by atoms with van der Waals surface area (Å²) in [6.07, 6.45) is 0. The average molecular weight is 389 g/mol. The van der Waals surface area contributed by atoms with Crippen LogP contribution in [0.15, 0.2) is 0 Å². The van der Waals surface area contributed by atoms with Gasteiger partial charge in [0.2, 0.25) is 0 Å². The van der Waals surface area contributed by atoms with Gasteiger partial charge in [-0.2, -0.15) is 0 Å². The van der Waals surface area contributed by atoms with Crippen molar-refractivity contribution in [2.24, 2.45) is 0 Å². The third-order valence-corrected chi connectivity index (χ3v) is 0. The van der Waals surface area contributed by atoms with Crippen molar-refractivity contribution >= 4 is 154 Å². The maximum absolute atomic E-state index is 0. The van der Waals surface area contributed by atoms with Crippen LogP contribution in [-0.2, 0) is 0 Å². The summed E-state index contributed by atoms with van der Waals surface area (Å²) in [4.78, 5) is 0. The summed E-state index contributed by atoms with van der Waals surface area (Å²) in [6, 6.07) is 0. The first-order valence-electron chi connectivity index (χ1n) is 0. The van der Waals surface area contributed by atoms with E-state index in [2.05, 4.69) is 0 Å². The van der Waals surface area contributed by atoms with Crippen LogP contribution in [0.5, 0.6) is 0 Å². The zero-order valence-corrected chi connectivity index (χ0v) is 12.2. The molecular formula is H11Cl10Na. The molecule has 0 atom stereocenters. The van der Waals surface area contributed by atoms with Gasteiger partial charge in [-0.1, -0.05) is 0 Å². The molecule has 0 nitrogen and oxygen atoms in total. The number of hydrogen-bond donors (Lipinski definition) is 0. The Kier molecular flexibility index (Phi) is 2620. The fraction of sp³-hybridized carbons (Fsp3) is 0. The van der Waals surface area contributed by atoms with Gasteiger partial charge < -0.3 is 0 Å². The molecule has 0 aromatic carbocycles. The molecule has 0 heterocycles. The molecule has 0 bridgehead atoms. The molecule has 82 valence electrons. The molecule has 11 heteroatoms. The van der Waals surface area contributed by atoms with Crippen molar-refractivity contribution in [2.75, 3.05) is 0 Å². The molecule has 0 aliphatic rings. The molecule has 0 aliphatic carbocycles. The van der Waals surface area contributed by atoms with E-state index in [0.29, 0.717) is 0 Å². The van der Waals surface area contributed by atoms with E-state index >= 15 is 0 Å². The second-order valence-corrected chi connectivity index (χ2v) is 0. The average Bonchev–Trinajstić information content (AvgIpc) is 0. The molecule has 0 unspecified atom stereocenters. The van der Waals surface area contributed by atoms with E-state index in [1.54, 1.807) is 0 Å². The van der Waals surface area contributed by atoms with E-state index < -0.39 is 0 Å². The van der Waals surface area contributed by atoms with Crippen LogP contribution in [-0.4, -0.2) is 29.6 Å². The summed E-state index contributed by atoms with van der Waals surface area (Å²) in [7, 11) is 0. The topological polar surface area (TPSA) is 0 Å². The van der Waals surface area contributed by atoms with E-state index in [-0.39, 0.29) is 154 Å². The van der Waals surface area contributed by atoms with Gasteiger partial charge in [0.1, 0.15) is 0 Å². The fourth-order valence-electron chi connectivity index (χ4n) is 0. The van der Waals surface area contributed by atoms with E-state index in [4.69, 9.17) is 0 Å². The Labute approximate surface area is 151 Å². The van der Waals surface area contributed by atoms with Gasteiger partial charge in [-0.25, -0.2) is 0 Å². The predicted octanol–water partition coefficient (Wildman–Crippen LogP) is 3.57. The number of hydrogen-bond acceptors (Lipinski definition) is 0. The van der Waals surface area contributed by atoms with Crippen LogP contribution < -0.4 is 0 Å². The standard InChI is InChI=1S/10ClH.Na.H/h10*1H;;. The Balaban J connectivity index is 0. The summed E-state index contributed by atoms with van der Waals surface area (Å²) in [5.74, 6) is 0. The predicted molar refractivity (Wildman–Crippen MR) is 79.6 cm³/mol. The van der Waals surface area contributed by atoms with Gasteiger partial charge in [0.15, 0.2) is 0 Å². The molecule has 0 aliphatic heterocycles. The van der Waals surface area contributed by atoms with Crippen molar-refractivity contribution in [3.63, 3.8) is 0 Å². The van der Waals surface area contributed by atoms with Crippen LogP contribution in [0, 0.1) is 0 Å². The summed E-state index contributed by atoms with van der Waals surface area (Å²) < 4.78 is 0. The Bertz CT molecular complexity index is 4.83. The quantitative estimate of drug-likeness (QED) is 0.557. The number of rotatable bonds is 0. The molecule has 0 rings (SSSR count). The minimum atomic E-state index is 0. The van der Waals surface area contributed by atoms with Crippen molar-refractivity contribution in [3.8, 4) is 0 Å². The molecule has 0 fully saturated rings. The van der Waals surface area contributed by atoms with Crippen LogP contribution >= 0.6 is 124 Å². The van der Waals surface area contributed by atoms with Gasteiger partial charge in [-0.15, -0.1) is 124 Å². The normalized spacial score (nSPS) is 0. The van der Waals surface area contributed by atoms with Crippen molar-refractivity contribution in [1.82, 2.24) is 0 Å². The third-order valence-electron chi connectivity index (χ3n) is 0. The van der Waals surface area contributed by atoms with E-state index in [9.17, 15) is 0 Å². The van der Waals surface area contributed by atoms with Crippen LogP contribution in [0.4, 0.5) is 0 Å². The second kappa shape index (κ2) is 152. The first-order valence-corrected chi connectivity index (χ1v) is 0. The zero-order valence-electron chi connectivity index (χ0n) is 4.08.